The van der Waals surface area contributed by atoms with Gasteiger partial charge in [-0.1, -0.05) is 0 Å². The van der Waals surface area contributed by atoms with Crippen molar-refractivity contribution in [3.8, 4) is 0 Å². The summed E-state index contributed by atoms with van der Waals surface area (Å²) in [5, 5.41) is 0. The Bertz CT molecular complexity index is 331. The predicted molar refractivity (Wildman–Crippen MR) is 72.2 cm³/mol. The predicted octanol–water partition coefficient (Wildman–Crippen LogP) is 3.73. The minimum absolute atomic E-state index is 0.0111. The topological polar surface area (TPSA) is 35.2 Å². The van der Waals surface area contributed by atoms with E-state index < -0.39 is 5.92 Å². The molecule has 1 saturated carbocycles. The van der Waals surface area contributed by atoms with Gasteiger partial charge in [0.15, 0.2) is 0 Å². The number of ether oxygens (including phenoxy) is 1. The average Bonchev–Trinajstić information content (AvgIpc) is 2.45. The molecular formula is C15H27F2NO. The van der Waals surface area contributed by atoms with Crippen molar-refractivity contribution in [1.82, 2.24) is 0 Å². The molecule has 4 heteroatoms. The van der Waals surface area contributed by atoms with Crippen molar-refractivity contribution >= 4 is 0 Å². The molecule has 1 aliphatic carbocycles. The van der Waals surface area contributed by atoms with E-state index in [4.69, 9.17) is 10.5 Å². The van der Waals surface area contributed by atoms with Crippen molar-refractivity contribution < 1.29 is 13.5 Å². The van der Waals surface area contributed by atoms with Gasteiger partial charge >= 0.3 is 0 Å². The van der Waals surface area contributed by atoms with Crippen LogP contribution in [0.3, 0.4) is 0 Å². The molecule has 2 unspecified atom stereocenters. The van der Waals surface area contributed by atoms with E-state index in [-0.39, 0.29) is 41.9 Å². The highest BCUT2D eigenvalue weighted by atomic mass is 19.3. The molecule has 1 aliphatic heterocycles. The molecule has 0 aromatic heterocycles. The molecule has 0 aromatic carbocycles. The van der Waals surface area contributed by atoms with Gasteiger partial charge in [0, 0.05) is 24.8 Å². The molecule has 0 aromatic rings. The van der Waals surface area contributed by atoms with Crippen molar-refractivity contribution in [2.45, 2.75) is 83.0 Å². The Kier molecular flexibility index (Phi) is 3.72. The first-order chi connectivity index (χ1) is 8.53. The van der Waals surface area contributed by atoms with Crippen LogP contribution in [0, 0.1) is 11.8 Å². The molecule has 2 rings (SSSR count). The molecule has 19 heavy (non-hydrogen) atoms. The summed E-state index contributed by atoms with van der Waals surface area (Å²) in [4.78, 5) is 0. The lowest BCUT2D eigenvalue weighted by Gasteiger charge is -2.38. The molecule has 2 nitrogen and oxygen atoms in total. The Morgan fingerprint density at radius 3 is 2.05 bits per heavy atom. The van der Waals surface area contributed by atoms with Crippen molar-refractivity contribution in [3.05, 3.63) is 0 Å². The zero-order valence-electron chi connectivity index (χ0n) is 12.5. The van der Waals surface area contributed by atoms with E-state index in [1.165, 1.54) is 0 Å². The van der Waals surface area contributed by atoms with Crippen LogP contribution < -0.4 is 5.73 Å². The number of rotatable bonds is 2. The fraction of sp³-hybridized carbons (Fsp3) is 1.00. The van der Waals surface area contributed by atoms with Gasteiger partial charge in [0.2, 0.25) is 5.92 Å². The fourth-order valence-corrected chi connectivity index (χ4v) is 3.98. The van der Waals surface area contributed by atoms with E-state index in [9.17, 15) is 8.78 Å². The lowest BCUT2D eigenvalue weighted by Crippen LogP contribution is -2.47. The number of nitrogens with two attached hydrogens (primary N) is 1. The molecule has 0 amide bonds. The smallest absolute Gasteiger partial charge is 0.248 e. The highest BCUT2D eigenvalue weighted by Gasteiger charge is 2.50. The quantitative estimate of drug-likeness (QED) is 0.833. The highest BCUT2D eigenvalue weighted by Crippen LogP contribution is 2.47. The molecule has 2 N–H and O–H groups in total. The summed E-state index contributed by atoms with van der Waals surface area (Å²) in [6.45, 7) is 8.31. The molecule has 2 atom stereocenters. The second kappa shape index (κ2) is 4.66. The van der Waals surface area contributed by atoms with Gasteiger partial charge in [-0.25, -0.2) is 8.78 Å². The van der Waals surface area contributed by atoms with Crippen LogP contribution in [-0.4, -0.2) is 23.2 Å². The minimum atomic E-state index is -2.48. The molecule has 1 heterocycles. The summed E-state index contributed by atoms with van der Waals surface area (Å²) in [6, 6.07) is -0.0344. The summed E-state index contributed by atoms with van der Waals surface area (Å²) in [5.74, 6) is -2.02. The van der Waals surface area contributed by atoms with E-state index in [1.807, 2.05) is 0 Å². The monoisotopic (exact) mass is 275 g/mol. The zero-order chi connectivity index (χ0) is 14.5. The van der Waals surface area contributed by atoms with E-state index in [0.29, 0.717) is 12.8 Å². The van der Waals surface area contributed by atoms with Gasteiger partial charge in [-0.15, -0.1) is 0 Å². The van der Waals surface area contributed by atoms with Crippen LogP contribution in [0.1, 0.15) is 59.8 Å². The second-order valence-corrected chi connectivity index (χ2v) is 7.55. The van der Waals surface area contributed by atoms with E-state index in [1.54, 1.807) is 0 Å². The van der Waals surface area contributed by atoms with Crippen molar-refractivity contribution in [2.24, 2.45) is 17.6 Å². The Labute approximate surface area is 115 Å². The van der Waals surface area contributed by atoms with Crippen LogP contribution in [0.25, 0.3) is 0 Å². The highest BCUT2D eigenvalue weighted by molar-refractivity contribution is 5.01. The number of alkyl halides is 2. The molecule has 1 saturated heterocycles. The summed E-state index contributed by atoms with van der Waals surface area (Å²) in [7, 11) is 0. The molecule has 2 aliphatic rings. The van der Waals surface area contributed by atoms with Crippen LogP contribution in [-0.2, 0) is 4.74 Å². The molecule has 0 radical (unpaired) electrons. The largest absolute Gasteiger partial charge is 0.369 e. The van der Waals surface area contributed by atoms with Crippen molar-refractivity contribution in [3.63, 3.8) is 0 Å². The maximum atomic E-state index is 13.2. The molecule has 0 bridgehead atoms. The SMILES string of the molecule is CC1(C)CC(C(N)C2CCC(F)(F)CC2)C(C)(C)O1. The lowest BCUT2D eigenvalue weighted by molar-refractivity contribution is -0.0826. The second-order valence-electron chi connectivity index (χ2n) is 7.55. The maximum absolute atomic E-state index is 13.2. The first-order valence-corrected chi connectivity index (χ1v) is 7.36. The van der Waals surface area contributed by atoms with Gasteiger partial charge in [-0.05, 0) is 52.9 Å². The van der Waals surface area contributed by atoms with Crippen LogP contribution >= 0.6 is 0 Å². The molecule has 0 spiro atoms. The number of hydrogen-bond donors (Lipinski definition) is 1. The summed E-state index contributed by atoms with van der Waals surface area (Å²) < 4.78 is 32.5. The first kappa shape index (κ1) is 15.2. The summed E-state index contributed by atoms with van der Waals surface area (Å²) in [5.41, 5.74) is 5.99. The van der Waals surface area contributed by atoms with Gasteiger partial charge < -0.3 is 10.5 Å². The third-order valence-electron chi connectivity index (χ3n) is 4.91. The summed E-state index contributed by atoms with van der Waals surface area (Å²) >= 11 is 0. The van der Waals surface area contributed by atoms with E-state index in [0.717, 1.165) is 6.42 Å². The van der Waals surface area contributed by atoms with Crippen molar-refractivity contribution in [2.75, 3.05) is 0 Å². The summed E-state index contributed by atoms with van der Waals surface area (Å²) in [6.07, 6.45) is 1.97. The normalized spacial score (nSPS) is 35.2. The van der Waals surface area contributed by atoms with Gasteiger partial charge in [-0.2, -0.15) is 0 Å². The zero-order valence-corrected chi connectivity index (χ0v) is 12.5. The molecule has 2 fully saturated rings. The van der Waals surface area contributed by atoms with Crippen molar-refractivity contribution in [1.29, 1.82) is 0 Å². The number of hydrogen-bond acceptors (Lipinski definition) is 2. The van der Waals surface area contributed by atoms with Crippen LogP contribution in [0.2, 0.25) is 0 Å². The maximum Gasteiger partial charge on any atom is 0.248 e. The third kappa shape index (κ3) is 3.27. The van der Waals surface area contributed by atoms with Crippen LogP contribution in [0.15, 0.2) is 0 Å². The Morgan fingerprint density at radius 1 is 1.11 bits per heavy atom. The average molecular weight is 275 g/mol. The standard InChI is InChI=1S/C15H27F2NO/c1-13(2)9-11(14(3,4)19-13)12(18)10-5-7-15(16,17)8-6-10/h10-12H,5-9,18H2,1-4H3. The first-order valence-electron chi connectivity index (χ1n) is 7.36. The van der Waals surface area contributed by atoms with E-state index >= 15 is 0 Å². The molecule has 112 valence electrons. The Balaban J connectivity index is 2.02. The van der Waals surface area contributed by atoms with Gasteiger partial charge in [0.1, 0.15) is 0 Å². The third-order valence-corrected chi connectivity index (χ3v) is 4.91. The number of halogens is 2. The fourth-order valence-electron chi connectivity index (χ4n) is 3.98. The van der Waals surface area contributed by atoms with Crippen LogP contribution in [0.4, 0.5) is 8.78 Å². The van der Waals surface area contributed by atoms with Crippen LogP contribution in [0.5, 0.6) is 0 Å². The molecular weight excluding hydrogens is 248 g/mol. The van der Waals surface area contributed by atoms with Gasteiger partial charge in [-0.3, -0.25) is 0 Å². The Hall–Kier alpha value is -0.220. The Morgan fingerprint density at radius 2 is 1.63 bits per heavy atom. The van der Waals surface area contributed by atoms with Gasteiger partial charge in [0.25, 0.3) is 0 Å². The lowest BCUT2D eigenvalue weighted by atomic mass is 9.72. The minimum Gasteiger partial charge on any atom is -0.369 e. The van der Waals surface area contributed by atoms with E-state index in [2.05, 4.69) is 27.7 Å². The van der Waals surface area contributed by atoms with Gasteiger partial charge in [0.05, 0.1) is 11.2 Å².